The van der Waals surface area contributed by atoms with E-state index in [9.17, 15) is 9.59 Å². The summed E-state index contributed by atoms with van der Waals surface area (Å²) < 4.78 is 5.72. The summed E-state index contributed by atoms with van der Waals surface area (Å²) in [6.45, 7) is 5.08. The summed E-state index contributed by atoms with van der Waals surface area (Å²) in [4.78, 5) is 34.7. The van der Waals surface area contributed by atoms with Crippen molar-refractivity contribution in [2.75, 3.05) is 13.1 Å². The van der Waals surface area contributed by atoms with Gasteiger partial charge in [-0.3, -0.25) is 14.5 Å². The number of nitrogens with one attached hydrogen (secondary N) is 2. The second-order valence-corrected chi connectivity index (χ2v) is 7.48. The summed E-state index contributed by atoms with van der Waals surface area (Å²) >= 11 is 0. The van der Waals surface area contributed by atoms with Crippen molar-refractivity contribution in [3.63, 3.8) is 0 Å². The van der Waals surface area contributed by atoms with Crippen LogP contribution in [0.1, 0.15) is 48.6 Å². The fourth-order valence-corrected chi connectivity index (χ4v) is 3.72. The standard InChI is InChI=1S/C18H23N7O3/c1-10(2)18-24-23-14(28-18)7-12-8-21-16(26)13-6-11(9-25(12)13)22-17(27)15-19-4-3-5-20-15/h3-5,10-13H,6-9H2,1-2H3,(H,21,26)(H,22,27)/t11-,12+,13-/m0/s1. The van der Waals surface area contributed by atoms with E-state index in [4.69, 9.17) is 4.42 Å². The lowest BCUT2D eigenvalue weighted by Gasteiger charge is -2.36. The van der Waals surface area contributed by atoms with Crippen LogP contribution in [-0.4, -0.2) is 68.1 Å². The molecule has 2 aliphatic rings. The fourth-order valence-electron chi connectivity index (χ4n) is 3.72. The third-order valence-electron chi connectivity index (χ3n) is 5.11. The van der Waals surface area contributed by atoms with Gasteiger partial charge in [0, 0.05) is 49.9 Å². The van der Waals surface area contributed by atoms with Crippen LogP contribution >= 0.6 is 0 Å². The molecule has 2 aromatic rings. The van der Waals surface area contributed by atoms with E-state index in [1.54, 1.807) is 6.07 Å². The van der Waals surface area contributed by atoms with E-state index < -0.39 is 0 Å². The molecular weight excluding hydrogens is 362 g/mol. The highest BCUT2D eigenvalue weighted by atomic mass is 16.4. The van der Waals surface area contributed by atoms with E-state index >= 15 is 0 Å². The van der Waals surface area contributed by atoms with Crippen LogP contribution in [0.2, 0.25) is 0 Å². The Bertz CT molecular complexity index is 854. The molecule has 4 heterocycles. The number of hydrogen-bond donors (Lipinski definition) is 2. The van der Waals surface area contributed by atoms with E-state index in [2.05, 4.69) is 35.7 Å². The van der Waals surface area contributed by atoms with Crippen molar-refractivity contribution in [2.24, 2.45) is 0 Å². The Hall–Kier alpha value is -2.88. The Labute approximate surface area is 162 Å². The second-order valence-electron chi connectivity index (χ2n) is 7.48. The van der Waals surface area contributed by atoms with Gasteiger partial charge in [-0.1, -0.05) is 13.8 Å². The van der Waals surface area contributed by atoms with Crippen LogP contribution < -0.4 is 10.6 Å². The molecular formula is C18H23N7O3. The average molecular weight is 385 g/mol. The highest BCUT2D eigenvalue weighted by Gasteiger charge is 2.44. The molecule has 3 atom stereocenters. The Balaban J connectivity index is 1.43. The number of hydrogen-bond acceptors (Lipinski definition) is 8. The SMILES string of the molecule is CC(C)c1nnc(C[C@@H]2CNC(=O)[C@@H]3C[C@H](NC(=O)c4ncccn4)CN23)o1. The summed E-state index contributed by atoms with van der Waals surface area (Å²) in [5.74, 6) is 1.12. The van der Waals surface area contributed by atoms with Gasteiger partial charge in [0.05, 0.1) is 6.04 Å². The van der Waals surface area contributed by atoms with Gasteiger partial charge in [-0.25, -0.2) is 9.97 Å². The molecule has 0 aromatic carbocycles. The van der Waals surface area contributed by atoms with Crippen molar-refractivity contribution in [1.29, 1.82) is 0 Å². The molecule has 0 bridgehead atoms. The number of carbonyl (C=O) groups excluding carboxylic acids is 2. The van der Waals surface area contributed by atoms with E-state index in [1.165, 1.54) is 12.4 Å². The van der Waals surface area contributed by atoms with Crippen molar-refractivity contribution >= 4 is 11.8 Å². The maximum Gasteiger partial charge on any atom is 0.289 e. The number of piperazine rings is 1. The highest BCUT2D eigenvalue weighted by Crippen LogP contribution is 2.26. The largest absolute Gasteiger partial charge is 0.425 e. The number of rotatable bonds is 5. The molecule has 2 aliphatic heterocycles. The lowest BCUT2D eigenvalue weighted by atomic mass is 10.1. The van der Waals surface area contributed by atoms with E-state index in [0.717, 1.165) is 0 Å². The normalized spacial score (nSPS) is 24.8. The molecule has 10 heteroatoms. The molecule has 2 aromatic heterocycles. The molecule has 0 aliphatic carbocycles. The molecule has 2 saturated heterocycles. The molecule has 0 radical (unpaired) electrons. The van der Waals surface area contributed by atoms with E-state index in [0.29, 0.717) is 37.7 Å². The van der Waals surface area contributed by atoms with Crippen molar-refractivity contribution in [2.45, 2.75) is 50.7 Å². The second kappa shape index (κ2) is 7.63. The van der Waals surface area contributed by atoms with E-state index in [-0.39, 0.29) is 41.7 Å². The van der Waals surface area contributed by atoms with Crippen molar-refractivity contribution in [1.82, 2.24) is 35.7 Å². The quantitative estimate of drug-likeness (QED) is 0.730. The number of fused-ring (bicyclic) bond motifs is 1. The van der Waals surface area contributed by atoms with Crippen molar-refractivity contribution < 1.29 is 14.0 Å². The zero-order valence-corrected chi connectivity index (χ0v) is 15.8. The number of carbonyl (C=O) groups is 2. The fraction of sp³-hybridized carbons (Fsp3) is 0.556. The van der Waals surface area contributed by atoms with Gasteiger partial charge < -0.3 is 15.1 Å². The minimum absolute atomic E-state index is 0.0163. The molecule has 0 spiro atoms. The van der Waals surface area contributed by atoms with Crippen LogP contribution in [0.3, 0.4) is 0 Å². The van der Waals surface area contributed by atoms with Crippen LogP contribution in [0.25, 0.3) is 0 Å². The summed E-state index contributed by atoms with van der Waals surface area (Å²) in [7, 11) is 0. The topological polar surface area (TPSA) is 126 Å². The summed E-state index contributed by atoms with van der Waals surface area (Å²) in [6, 6.07) is 1.26. The first-order valence-electron chi connectivity index (χ1n) is 9.45. The van der Waals surface area contributed by atoms with Crippen molar-refractivity contribution in [3.8, 4) is 0 Å². The van der Waals surface area contributed by atoms with Gasteiger partial charge in [0.1, 0.15) is 0 Å². The molecule has 28 heavy (non-hydrogen) atoms. The number of amides is 2. The van der Waals surface area contributed by atoms with Crippen LogP contribution in [0.15, 0.2) is 22.9 Å². The van der Waals surface area contributed by atoms with Crippen LogP contribution in [0, 0.1) is 0 Å². The van der Waals surface area contributed by atoms with Gasteiger partial charge >= 0.3 is 0 Å². The lowest BCUT2D eigenvalue weighted by Crippen LogP contribution is -2.58. The van der Waals surface area contributed by atoms with Crippen LogP contribution in [0.4, 0.5) is 0 Å². The smallest absolute Gasteiger partial charge is 0.289 e. The minimum atomic E-state index is -0.333. The summed E-state index contributed by atoms with van der Waals surface area (Å²) in [5.41, 5.74) is 0. The maximum atomic E-state index is 12.3. The predicted octanol–water partition coefficient (Wildman–Crippen LogP) is -0.103. The van der Waals surface area contributed by atoms with Gasteiger partial charge in [-0.15, -0.1) is 10.2 Å². The molecule has 2 amide bonds. The monoisotopic (exact) mass is 385 g/mol. The molecule has 2 N–H and O–H groups in total. The van der Waals surface area contributed by atoms with Gasteiger partial charge in [0.2, 0.25) is 23.5 Å². The summed E-state index contributed by atoms with van der Waals surface area (Å²) in [5, 5.41) is 14.1. The number of nitrogens with zero attached hydrogens (tertiary/aromatic N) is 5. The molecule has 148 valence electrons. The maximum absolute atomic E-state index is 12.3. The van der Waals surface area contributed by atoms with Crippen LogP contribution in [-0.2, 0) is 11.2 Å². The molecule has 0 unspecified atom stereocenters. The first kappa shape index (κ1) is 18.5. The first-order chi connectivity index (χ1) is 13.5. The Morgan fingerprint density at radius 2 is 2.14 bits per heavy atom. The Morgan fingerprint density at radius 3 is 2.86 bits per heavy atom. The Morgan fingerprint density at radius 1 is 1.36 bits per heavy atom. The zero-order valence-electron chi connectivity index (χ0n) is 15.8. The molecule has 0 saturated carbocycles. The third kappa shape index (κ3) is 3.72. The molecule has 2 fully saturated rings. The van der Waals surface area contributed by atoms with Gasteiger partial charge in [0.15, 0.2) is 0 Å². The third-order valence-corrected chi connectivity index (χ3v) is 5.11. The lowest BCUT2D eigenvalue weighted by molar-refractivity contribution is -0.129. The zero-order chi connectivity index (χ0) is 19.7. The van der Waals surface area contributed by atoms with Gasteiger partial charge in [-0.2, -0.15) is 0 Å². The molecule has 10 nitrogen and oxygen atoms in total. The average Bonchev–Trinajstić information content (AvgIpc) is 3.32. The highest BCUT2D eigenvalue weighted by molar-refractivity contribution is 5.90. The molecule has 4 rings (SSSR count). The number of aromatic nitrogens is 4. The Kier molecular flexibility index (Phi) is 5.03. The predicted molar refractivity (Wildman–Crippen MR) is 97.3 cm³/mol. The van der Waals surface area contributed by atoms with Crippen LogP contribution in [0.5, 0.6) is 0 Å². The van der Waals surface area contributed by atoms with Crippen molar-refractivity contribution in [3.05, 3.63) is 36.1 Å². The first-order valence-corrected chi connectivity index (χ1v) is 9.45. The summed E-state index contributed by atoms with van der Waals surface area (Å²) in [6.07, 6.45) is 4.15. The van der Waals surface area contributed by atoms with Gasteiger partial charge in [0.25, 0.3) is 5.91 Å². The minimum Gasteiger partial charge on any atom is -0.425 e. The van der Waals surface area contributed by atoms with Gasteiger partial charge in [-0.05, 0) is 12.5 Å². The van der Waals surface area contributed by atoms with E-state index in [1.807, 2.05) is 13.8 Å².